The van der Waals surface area contributed by atoms with Crippen molar-refractivity contribution in [3.8, 4) is 5.75 Å². The lowest BCUT2D eigenvalue weighted by atomic mass is 9.87. The van der Waals surface area contributed by atoms with Crippen LogP contribution in [0.15, 0.2) is 48.5 Å². The number of ether oxygens (including phenoxy) is 1. The molecule has 2 aromatic rings. The van der Waals surface area contributed by atoms with Crippen LogP contribution in [0, 0.1) is 0 Å². The van der Waals surface area contributed by atoms with Crippen LogP contribution in [0.4, 0.5) is 5.69 Å². The van der Waals surface area contributed by atoms with E-state index in [1.54, 1.807) is 0 Å². The molecule has 0 saturated carbocycles. The molecule has 0 saturated heterocycles. The van der Waals surface area contributed by atoms with Gasteiger partial charge in [-0.05, 0) is 53.8 Å². The summed E-state index contributed by atoms with van der Waals surface area (Å²) in [4.78, 5) is 12.3. The van der Waals surface area contributed by atoms with Gasteiger partial charge in [0.05, 0.1) is 6.61 Å². The maximum Gasteiger partial charge on any atom is 0.255 e. The lowest BCUT2D eigenvalue weighted by Gasteiger charge is -2.19. The van der Waals surface area contributed by atoms with Crippen LogP contribution in [-0.4, -0.2) is 12.5 Å². The molecule has 0 aromatic heterocycles. The molecule has 122 valence electrons. The Bertz CT molecular complexity index is 637. The van der Waals surface area contributed by atoms with Gasteiger partial charge in [-0.3, -0.25) is 4.79 Å². The lowest BCUT2D eigenvalue weighted by Crippen LogP contribution is -2.14. The smallest absolute Gasteiger partial charge is 0.255 e. The Kier molecular flexibility index (Phi) is 5.43. The molecule has 2 aromatic carbocycles. The van der Waals surface area contributed by atoms with E-state index in [2.05, 4.69) is 33.0 Å². The van der Waals surface area contributed by atoms with Crippen LogP contribution >= 0.6 is 0 Å². The van der Waals surface area contributed by atoms with E-state index in [1.807, 2.05) is 48.5 Å². The topological polar surface area (TPSA) is 38.3 Å². The highest BCUT2D eigenvalue weighted by Gasteiger charge is 2.14. The van der Waals surface area contributed by atoms with E-state index in [9.17, 15) is 4.79 Å². The highest BCUT2D eigenvalue weighted by Crippen LogP contribution is 2.22. The predicted molar refractivity (Wildman–Crippen MR) is 95.3 cm³/mol. The molecular formula is C20H25NO2. The number of hydrogen-bond donors (Lipinski definition) is 1. The van der Waals surface area contributed by atoms with Gasteiger partial charge in [-0.2, -0.15) is 0 Å². The quantitative estimate of drug-likeness (QED) is 0.841. The van der Waals surface area contributed by atoms with Gasteiger partial charge >= 0.3 is 0 Å². The van der Waals surface area contributed by atoms with Gasteiger partial charge in [0.15, 0.2) is 0 Å². The summed E-state index contributed by atoms with van der Waals surface area (Å²) in [6.45, 7) is 9.24. The highest BCUT2D eigenvalue weighted by atomic mass is 16.5. The van der Waals surface area contributed by atoms with Crippen LogP contribution in [0.2, 0.25) is 0 Å². The number of amides is 1. The summed E-state index contributed by atoms with van der Waals surface area (Å²) in [6, 6.07) is 15.2. The molecule has 0 spiro atoms. The molecule has 1 N–H and O–H groups in total. The van der Waals surface area contributed by atoms with Crippen LogP contribution in [0.25, 0.3) is 0 Å². The third-order valence-electron chi connectivity index (χ3n) is 3.60. The minimum atomic E-state index is -0.104. The normalized spacial score (nSPS) is 11.1. The molecule has 0 atom stereocenters. The van der Waals surface area contributed by atoms with E-state index in [0.29, 0.717) is 12.2 Å². The second-order valence-corrected chi connectivity index (χ2v) is 6.65. The second kappa shape index (κ2) is 7.32. The monoisotopic (exact) mass is 311 g/mol. The van der Waals surface area contributed by atoms with Gasteiger partial charge in [-0.15, -0.1) is 0 Å². The molecular weight excluding hydrogens is 286 g/mol. The molecule has 0 aliphatic rings. The van der Waals surface area contributed by atoms with E-state index < -0.39 is 0 Å². The molecule has 1 amide bonds. The fourth-order valence-electron chi connectivity index (χ4n) is 2.18. The second-order valence-electron chi connectivity index (χ2n) is 6.65. The van der Waals surface area contributed by atoms with Crippen LogP contribution in [0.3, 0.4) is 0 Å². The van der Waals surface area contributed by atoms with Crippen molar-refractivity contribution in [2.24, 2.45) is 0 Å². The zero-order chi connectivity index (χ0) is 16.9. The van der Waals surface area contributed by atoms with Gasteiger partial charge in [-0.25, -0.2) is 0 Å². The molecule has 0 heterocycles. The molecule has 0 aliphatic heterocycles. The number of hydrogen-bond acceptors (Lipinski definition) is 2. The Morgan fingerprint density at radius 1 is 1.00 bits per heavy atom. The van der Waals surface area contributed by atoms with Crippen molar-refractivity contribution in [2.45, 2.75) is 39.5 Å². The molecule has 0 aliphatic carbocycles. The van der Waals surface area contributed by atoms with Crippen molar-refractivity contribution < 1.29 is 9.53 Å². The van der Waals surface area contributed by atoms with Crippen LogP contribution < -0.4 is 10.1 Å². The summed E-state index contributed by atoms with van der Waals surface area (Å²) >= 11 is 0. The molecule has 0 bridgehead atoms. The summed E-state index contributed by atoms with van der Waals surface area (Å²) in [5, 5.41) is 2.91. The summed E-state index contributed by atoms with van der Waals surface area (Å²) in [5.41, 5.74) is 2.72. The molecule has 3 heteroatoms. The zero-order valence-electron chi connectivity index (χ0n) is 14.3. The average Bonchev–Trinajstić information content (AvgIpc) is 2.53. The van der Waals surface area contributed by atoms with Crippen molar-refractivity contribution in [2.75, 3.05) is 11.9 Å². The predicted octanol–water partition coefficient (Wildman–Crippen LogP) is 5.03. The first-order chi connectivity index (χ1) is 10.9. The van der Waals surface area contributed by atoms with Gasteiger partial charge in [0.2, 0.25) is 0 Å². The van der Waals surface area contributed by atoms with Crippen molar-refractivity contribution in [1.29, 1.82) is 0 Å². The van der Waals surface area contributed by atoms with Gasteiger partial charge in [0.1, 0.15) is 5.75 Å². The first-order valence-corrected chi connectivity index (χ1v) is 8.05. The Hall–Kier alpha value is -2.29. The van der Waals surface area contributed by atoms with Crippen molar-refractivity contribution in [3.63, 3.8) is 0 Å². The summed E-state index contributed by atoms with van der Waals surface area (Å²) in [5.74, 6) is 0.715. The molecule has 23 heavy (non-hydrogen) atoms. The Morgan fingerprint density at radius 2 is 1.61 bits per heavy atom. The molecule has 2 rings (SSSR count). The summed E-state index contributed by atoms with van der Waals surface area (Å²) < 4.78 is 5.53. The van der Waals surface area contributed by atoms with Crippen molar-refractivity contribution in [3.05, 3.63) is 59.7 Å². The van der Waals surface area contributed by atoms with E-state index in [0.717, 1.165) is 17.9 Å². The fourth-order valence-corrected chi connectivity index (χ4v) is 2.18. The van der Waals surface area contributed by atoms with Gasteiger partial charge in [-0.1, -0.05) is 39.8 Å². The molecule has 3 nitrogen and oxygen atoms in total. The van der Waals surface area contributed by atoms with Crippen LogP contribution in [0.5, 0.6) is 5.75 Å². The van der Waals surface area contributed by atoms with E-state index in [4.69, 9.17) is 4.74 Å². The summed E-state index contributed by atoms with van der Waals surface area (Å²) in [6.07, 6.45) is 0.975. The largest absolute Gasteiger partial charge is 0.494 e. The third kappa shape index (κ3) is 4.85. The Labute approximate surface area is 138 Å². The maximum atomic E-state index is 12.3. The number of benzene rings is 2. The first kappa shape index (κ1) is 17.1. The number of carbonyl (C=O) groups is 1. The van der Waals surface area contributed by atoms with E-state index >= 15 is 0 Å². The molecule has 0 unspecified atom stereocenters. The summed E-state index contributed by atoms with van der Waals surface area (Å²) in [7, 11) is 0. The number of anilines is 1. The SMILES string of the molecule is CCCOc1ccc(NC(=O)c2ccc(C(C)(C)C)cc2)cc1. The zero-order valence-corrected chi connectivity index (χ0v) is 14.3. The standard InChI is InChI=1S/C20H25NO2/c1-5-14-23-18-12-10-17(11-13-18)21-19(22)15-6-8-16(9-7-15)20(2,3)4/h6-13H,5,14H2,1-4H3,(H,21,22). The third-order valence-corrected chi connectivity index (χ3v) is 3.60. The van der Waals surface area contributed by atoms with Crippen molar-refractivity contribution in [1.82, 2.24) is 0 Å². The minimum absolute atomic E-state index is 0.0866. The van der Waals surface area contributed by atoms with E-state index in [1.165, 1.54) is 5.56 Å². The van der Waals surface area contributed by atoms with Crippen LogP contribution in [-0.2, 0) is 5.41 Å². The first-order valence-electron chi connectivity index (χ1n) is 8.05. The van der Waals surface area contributed by atoms with Gasteiger partial charge in [0.25, 0.3) is 5.91 Å². The average molecular weight is 311 g/mol. The van der Waals surface area contributed by atoms with Crippen molar-refractivity contribution >= 4 is 11.6 Å². The molecule has 0 radical (unpaired) electrons. The number of nitrogens with one attached hydrogen (secondary N) is 1. The maximum absolute atomic E-state index is 12.3. The number of carbonyl (C=O) groups excluding carboxylic acids is 1. The Balaban J connectivity index is 2.01. The van der Waals surface area contributed by atoms with Gasteiger partial charge in [0, 0.05) is 11.3 Å². The van der Waals surface area contributed by atoms with E-state index in [-0.39, 0.29) is 11.3 Å². The minimum Gasteiger partial charge on any atom is -0.494 e. The Morgan fingerprint density at radius 3 is 2.13 bits per heavy atom. The van der Waals surface area contributed by atoms with Gasteiger partial charge < -0.3 is 10.1 Å². The van der Waals surface area contributed by atoms with Crippen LogP contribution in [0.1, 0.15) is 50.0 Å². The highest BCUT2D eigenvalue weighted by molar-refractivity contribution is 6.04. The fraction of sp³-hybridized carbons (Fsp3) is 0.350. The molecule has 0 fully saturated rings. The number of rotatable bonds is 5. The lowest BCUT2D eigenvalue weighted by molar-refractivity contribution is 0.102.